The topological polar surface area (TPSA) is 67.3 Å². The molecule has 7 heteroatoms. The molecule has 0 fully saturated rings. The summed E-state index contributed by atoms with van der Waals surface area (Å²) >= 11 is 11.5. The van der Waals surface area contributed by atoms with Gasteiger partial charge in [-0.1, -0.05) is 23.2 Å². The Hall–Kier alpha value is -1.43. The third kappa shape index (κ3) is 4.30. The van der Waals surface area contributed by atoms with Crippen molar-refractivity contribution in [2.24, 2.45) is 0 Å². The minimum atomic E-state index is -0.246. The fourth-order valence-electron chi connectivity index (χ4n) is 1.57. The minimum Gasteiger partial charge on any atom is -0.467 e. The number of hydrogen-bond donors (Lipinski definition) is 2. The van der Waals surface area contributed by atoms with Crippen molar-refractivity contribution in [3.63, 3.8) is 0 Å². The SMILES string of the molecule is O=C(NCCCOCc1ccco1)c1cc(Cl)c(Cl)[nH]1. The summed E-state index contributed by atoms with van der Waals surface area (Å²) in [5.41, 5.74) is 0.344. The molecule has 2 heterocycles. The first kappa shape index (κ1) is 15.0. The Morgan fingerprint density at radius 3 is 2.95 bits per heavy atom. The van der Waals surface area contributed by atoms with Gasteiger partial charge in [0.15, 0.2) is 0 Å². The molecule has 2 N–H and O–H groups in total. The molecule has 0 saturated carbocycles. The third-order valence-electron chi connectivity index (χ3n) is 2.55. The van der Waals surface area contributed by atoms with E-state index in [-0.39, 0.29) is 11.1 Å². The van der Waals surface area contributed by atoms with E-state index in [1.165, 1.54) is 6.07 Å². The van der Waals surface area contributed by atoms with Gasteiger partial charge in [0.1, 0.15) is 23.2 Å². The van der Waals surface area contributed by atoms with E-state index < -0.39 is 0 Å². The molecule has 0 unspecified atom stereocenters. The Morgan fingerprint density at radius 1 is 1.45 bits per heavy atom. The standard InChI is InChI=1S/C13H14Cl2N2O3/c14-10-7-11(17-12(10)15)13(18)16-4-2-5-19-8-9-3-1-6-20-9/h1,3,6-7,17H,2,4-5,8H2,(H,16,18). The van der Waals surface area contributed by atoms with E-state index in [0.717, 1.165) is 5.76 Å². The molecule has 1 amide bonds. The zero-order chi connectivity index (χ0) is 14.4. The fraction of sp³-hybridized carbons (Fsp3) is 0.308. The van der Waals surface area contributed by atoms with Gasteiger partial charge in [-0.25, -0.2) is 0 Å². The highest BCUT2D eigenvalue weighted by molar-refractivity contribution is 6.41. The van der Waals surface area contributed by atoms with Crippen LogP contribution in [0.4, 0.5) is 0 Å². The van der Waals surface area contributed by atoms with Gasteiger partial charge in [-0.05, 0) is 24.6 Å². The normalized spacial score (nSPS) is 10.7. The molecule has 0 bridgehead atoms. The van der Waals surface area contributed by atoms with Crippen LogP contribution in [0, 0.1) is 0 Å². The molecule has 2 rings (SSSR count). The van der Waals surface area contributed by atoms with Crippen LogP contribution in [0.1, 0.15) is 22.7 Å². The van der Waals surface area contributed by atoms with Gasteiger partial charge in [0.05, 0.1) is 11.3 Å². The third-order valence-corrected chi connectivity index (χ3v) is 3.24. The first-order chi connectivity index (χ1) is 9.66. The molecule has 0 atom stereocenters. The van der Waals surface area contributed by atoms with Crippen molar-refractivity contribution < 1.29 is 13.9 Å². The molecule has 108 valence electrons. The van der Waals surface area contributed by atoms with Gasteiger partial charge in [-0.3, -0.25) is 4.79 Å². The van der Waals surface area contributed by atoms with Gasteiger partial charge >= 0.3 is 0 Å². The van der Waals surface area contributed by atoms with Gasteiger partial charge in [0.25, 0.3) is 5.91 Å². The lowest BCUT2D eigenvalue weighted by molar-refractivity contribution is 0.0913. The summed E-state index contributed by atoms with van der Waals surface area (Å²) in [5, 5.41) is 3.34. The maximum atomic E-state index is 11.7. The molecule has 0 saturated heterocycles. The Kier molecular flexibility index (Phi) is 5.52. The number of nitrogens with one attached hydrogen (secondary N) is 2. The van der Waals surface area contributed by atoms with Gasteiger partial charge in [0, 0.05) is 13.2 Å². The summed E-state index contributed by atoms with van der Waals surface area (Å²) in [4.78, 5) is 14.4. The molecule has 0 aliphatic rings. The van der Waals surface area contributed by atoms with Gasteiger partial charge < -0.3 is 19.5 Å². The van der Waals surface area contributed by atoms with Crippen molar-refractivity contribution in [2.75, 3.05) is 13.2 Å². The average Bonchev–Trinajstić information content (AvgIpc) is 3.04. The second-order valence-electron chi connectivity index (χ2n) is 4.09. The van der Waals surface area contributed by atoms with Crippen LogP contribution < -0.4 is 5.32 Å². The lowest BCUT2D eigenvalue weighted by Crippen LogP contribution is -2.25. The predicted octanol–water partition coefficient (Wildman–Crippen LogP) is 3.25. The summed E-state index contributed by atoms with van der Waals surface area (Å²) in [6.45, 7) is 1.47. The Morgan fingerprint density at radius 2 is 2.30 bits per heavy atom. The van der Waals surface area contributed by atoms with E-state index in [1.54, 1.807) is 6.26 Å². The van der Waals surface area contributed by atoms with Crippen LogP contribution in [0.3, 0.4) is 0 Å². The van der Waals surface area contributed by atoms with Crippen LogP contribution in [0.25, 0.3) is 0 Å². The van der Waals surface area contributed by atoms with Crippen molar-refractivity contribution in [1.82, 2.24) is 10.3 Å². The van der Waals surface area contributed by atoms with Crippen molar-refractivity contribution in [1.29, 1.82) is 0 Å². The first-order valence-corrected chi connectivity index (χ1v) is 6.84. The second kappa shape index (κ2) is 7.38. The number of ether oxygens (including phenoxy) is 1. The predicted molar refractivity (Wildman–Crippen MR) is 76.1 cm³/mol. The number of hydrogen-bond acceptors (Lipinski definition) is 3. The van der Waals surface area contributed by atoms with Crippen LogP contribution in [-0.2, 0) is 11.3 Å². The summed E-state index contributed by atoms with van der Waals surface area (Å²) in [6.07, 6.45) is 2.31. The highest BCUT2D eigenvalue weighted by Gasteiger charge is 2.10. The van der Waals surface area contributed by atoms with Gasteiger partial charge in [-0.2, -0.15) is 0 Å². The molecular weight excluding hydrogens is 303 g/mol. The van der Waals surface area contributed by atoms with Crippen LogP contribution in [0.5, 0.6) is 0 Å². The zero-order valence-corrected chi connectivity index (χ0v) is 12.1. The number of aromatic amines is 1. The van der Waals surface area contributed by atoms with E-state index in [0.29, 0.717) is 36.9 Å². The number of amides is 1. The number of carbonyl (C=O) groups excluding carboxylic acids is 1. The smallest absolute Gasteiger partial charge is 0.267 e. The van der Waals surface area contributed by atoms with Crippen LogP contribution in [0.15, 0.2) is 28.9 Å². The Bertz CT molecular complexity index is 532. The summed E-state index contributed by atoms with van der Waals surface area (Å²) < 4.78 is 10.5. The quantitative estimate of drug-likeness (QED) is 0.770. The fourth-order valence-corrected chi connectivity index (χ4v) is 1.88. The lowest BCUT2D eigenvalue weighted by atomic mass is 10.4. The van der Waals surface area contributed by atoms with E-state index in [4.69, 9.17) is 32.4 Å². The monoisotopic (exact) mass is 316 g/mol. The summed E-state index contributed by atoms with van der Waals surface area (Å²) in [5.74, 6) is 0.537. The van der Waals surface area contributed by atoms with Crippen LogP contribution in [0.2, 0.25) is 10.2 Å². The molecular formula is C13H14Cl2N2O3. The van der Waals surface area contributed by atoms with Crippen molar-refractivity contribution in [2.45, 2.75) is 13.0 Å². The van der Waals surface area contributed by atoms with Crippen molar-refractivity contribution in [3.8, 4) is 0 Å². The molecule has 20 heavy (non-hydrogen) atoms. The molecule has 0 radical (unpaired) electrons. The van der Waals surface area contributed by atoms with Crippen LogP contribution >= 0.6 is 23.2 Å². The molecule has 0 aliphatic heterocycles. The average molecular weight is 317 g/mol. The summed E-state index contributed by atoms with van der Waals surface area (Å²) in [6, 6.07) is 5.15. The number of H-pyrrole nitrogens is 1. The largest absolute Gasteiger partial charge is 0.467 e. The van der Waals surface area contributed by atoms with E-state index in [9.17, 15) is 4.79 Å². The number of carbonyl (C=O) groups is 1. The first-order valence-electron chi connectivity index (χ1n) is 6.09. The van der Waals surface area contributed by atoms with Gasteiger partial charge in [0.2, 0.25) is 0 Å². The van der Waals surface area contributed by atoms with E-state index >= 15 is 0 Å². The molecule has 5 nitrogen and oxygen atoms in total. The van der Waals surface area contributed by atoms with E-state index in [2.05, 4.69) is 10.3 Å². The lowest BCUT2D eigenvalue weighted by Gasteiger charge is -2.04. The maximum Gasteiger partial charge on any atom is 0.267 e. The van der Waals surface area contributed by atoms with Crippen molar-refractivity contribution in [3.05, 3.63) is 46.1 Å². The number of halogens is 2. The molecule has 0 spiro atoms. The maximum absolute atomic E-state index is 11.7. The minimum absolute atomic E-state index is 0.246. The molecule has 2 aromatic heterocycles. The number of aromatic nitrogens is 1. The van der Waals surface area contributed by atoms with E-state index in [1.807, 2.05) is 12.1 Å². The molecule has 2 aromatic rings. The zero-order valence-electron chi connectivity index (χ0n) is 10.6. The number of rotatable bonds is 7. The Labute approximate surface area is 126 Å². The molecule has 0 aromatic carbocycles. The highest BCUT2D eigenvalue weighted by atomic mass is 35.5. The summed E-state index contributed by atoms with van der Waals surface area (Å²) in [7, 11) is 0. The molecule has 0 aliphatic carbocycles. The van der Waals surface area contributed by atoms with Crippen LogP contribution in [-0.4, -0.2) is 24.0 Å². The van der Waals surface area contributed by atoms with Crippen molar-refractivity contribution >= 4 is 29.1 Å². The Balaban J connectivity index is 1.60. The number of furan rings is 1. The second-order valence-corrected chi connectivity index (χ2v) is 4.87. The van der Waals surface area contributed by atoms with Gasteiger partial charge in [-0.15, -0.1) is 0 Å². The highest BCUT2D eigenvalue weighted by Crippen LogP contribution is 2.21.